The van der Waals surface area contributed by atoms with Crippen molar-refractivity contribution in [3.05, 3.63) is 12.2 Å². The third-order valence-corrected chi connectivity index (χ3v) is 6.78. The van der Waals surface area contributed by atoms with E-state index in [4.69, 9.17) is 21.4 Å². The van der Waals surface area contributed by atoms with Crippen molar-refractivity contribution in [1.29, 1.82) is 0 Å². The molecule has 3 fully saturated rings. The van der Waals surface area contributed by atoms with Crippen LogP contribution in [0.2, 0.25) is 0 Å². The van der Waals surface area contributed by atoms with Crippen LogP contribution in [0.15, 0.2) is 12.2 Å². The Balaban J connectivity index is 1.65. The molecule has 0 aromatic heterocycles. The highest BCUT2D eigenvalue weighted by Gasteiger charge is 2.44. The number of halogens is 2. The van der Waals surface area contributed by atoms with Crippen LogP contribution in [-0.4, -0.2) is 73.3 Å². The summed E-state index contributed by atoms with van der Waals surface area (Å²) in [5.41, 5.74) is 0.141. The second-order valence-electron chi connectivity index (χ2n) is 8.13. The molecule has 5 N–H and O–H groups in total. The molecule has 160 valence electrons. The predicted molar refractivity (Wildman–Crippen MR) is 106 cm³/mol. The summed E-state index contributed by atoms with van der Waals surface area (Å²) >= 11 is 6.14. The molecule has 8 unspecified atom stereocenters. The minimum atomic E-state index is -0.926. The van der Waals surface area contributed by atoms with Gasteiger partial charge in [-0.3, -0.25) is 15.4 Å². The number of fused-ring (bicyclic) bond motifs is 1. The normalized spacial score (nSPS) is 41.1. The minimum absolute atomic E-state index is 0.0505. The van der Waals surface area contributed by atoms with Gasteiger partial charge in [0.1, 0.15) is 6.17 Å². The topological polar surface area (TPSA) is 94.7 Å². The molecular formula is C19H32ClFN4O3. The quantitative estimate of drug-likeness (QED) is 0.316. The van der Waals surface area contributed by atoms with Crippen molar-refractivity contribution in [2.45, 2.75) is 74.0 Å². The first-order valence-electron chi connectivity index (χ1n) is 10.1. The van der Waals surface area contributed by atoms with E-state index in [1.54, 1.807) is 7.11 Å². The molecular weight excluding hydrogens is 387 g/mol. The number of carbonyl (C=O) groups excluding carboxylic acids is 1. The number of nitrogens with one attached hydrogen (secondary N) is 4. The lowest BCUT2D eigenvalue weighted by Crippen LogP contribution is -2.68. The van der Waals surface area contributed by atoms with Crippen LogP contribution in [0.25, 0.3) is 0 Å². The third-order valence-electron chi connectivity index (χ3n) is 6.33. The molecule has 1 saturated heterocycles. The maximum absolute atomic E-state index is 13.7. The number of aliphatic hydroxyl groups is 1. The zero-order chi connectivity index (χ0) is 20.3. The van der Waals surface area contributed by atoms with Crippen molar-refractivity contribution in [2.24, 2.45) is 5.92 Å². The SMILES string of the molecule is C=C(CO)C(=O)NC1CC2C(CC1OC)NCNC2NC1CCC(F)C(Cl)C1. The first-order chi connectivity index (χ1) is 13.4. The Hall–Kier alpha value is -0.770. The summed E-state index contributed by atoms with van der Waals surface area (Å²) in [4.78, 5) is 12.2. The number of alkyl halides is 2. The summed E-state index contributed by atoms with van der Waals surface area (Å²) < 4.78 is 19.3. The van der Waals surface area contributed by atoms with Crippen LogP contribution in [0.5, 0.6) is 0 Å². The molecule has 2 saturated carbocycles. The molecule has 3 rings (SSSR count). The highest BCUT2D eigenvalue weighted by Crippen LogP contribution is 2.32. The summed E-state index contributed by atoms with van der Waals surface area (Å²) in [7, 11) is 1.65. The van der Waals surface area contributed by atoms with Crippen LogP contribution in [0.1, 0.15) is 32.1 Å². The molecule has 0 bridgehead atoms. The number of aliphatic hydroxyl groups excluding tert-OH is 1. The molecule has 2 aliphatic carbocycles. The van der Waals surface area contributed by atoms with E-state index in [1.165, 1.54) is 0 Å². The standard InChI is InChI=1S/C19H32ClFN4O3/c1-10(8-26)19(27)25-16-6-12-15(7-17(16)28-2)22-9-23-18(12)24-11-3-4-14(21)13(20)5-11/h11-18,22-24,26H,1,3-9H2,2H3,(H,25,27). The molecule has 1 amide bonds. The largest absolute Gasteiger partial charge is 0.391 e. The summed E-state index contributed by atoms with van der Waals surface area (Å²) in [6.45, 7) is 3.90. The van der Waals surface area contributed by atoms with Gasteiger partial charge in [-0.25, -0.2) is 4.39 Å². The molecule has 3 aliphatic rings. The maximum atomic E-state index is 13.7. The number of hydrogen-bond donors (Lipinski definition) is 5. The second kappa shape index (κ2) is 9.82. The first kappa shape index (κ1) is 21.9. The van der Waals surface area contributed by atoms with E-state index in [-0.39, 0.29) is 54.4 Å². The molecule has 9 heteroatoms. The molecule has 0 radical (unpaired) electrons. The number of rotatable bonds is 6. The van der Waals surface area contributed by atoms with E-state index >= 15 is 0 Å². The van der Waals surface area contributed by atoms with Gasteiger partial charge in [0.05, 0.1) is 30.3 Å². The van der Waals surface area contributed by atoms with Gasteiger partial charge in [-0.05, 0) is 32.1 Å². The highest BCUT2D eigenvalue weighted by atomic mass is 35.5. The van der Waals surface area contributed by atoms with Gasteiger partial charge in [-0.1, -0.05) is 6.58 Å². The van der Waals surface area contributed by atoms with E-state index in [2.05, 4.69) is 27.8 Å². The minimum Gasteiger partial charge on any atom is -0.391 e. The average molecular weight is 419 g/mol. The third kappa shape index (κ3) is 5.04. The van der Waals surface area contributed by atoms with Gasteiger partial charge in [0.15, 0.2) is 0 Å². The van der Waals surface area contributed by atoms with E-state index in [0.29, 0.717) is 25.9 Å². The Morgan fingerprint density at radius 3 is 2.79 bits per heavy atom. The smallest absolute Gasteiger partial charge is 0.249 e. The van der Waals surface area contributed by atoms with E-state index < -0.39 is 11.5 Å². The van der Waals surface area contributed by atoms with Crippen LogP contribution in [0, 0.1) is 5.92 Å². The van der Waals surface area contributed by atoms with E-state index in [1.807, 2.05) is 0 Å². The van der Waals surface area contributed by atoms with Crippen LogP contribution in [0.4, 0.5) is 4.39 Å². The Kier molecular flexibility index (Phi) is 7.69. The Bertz CT molecular complexity index is 569. The number of methoxy groups -OCH3 is 1. The fourth-order valence-electron chi connectivity index (χ4n) is 4.67. The van der Waals surface area contributed by atoms with Gasteiger partial charge in [-0.15, -0.1) is 11.6 Å². The fraction of sp³-hybridized carbons (Fsp3) is 0.842. The van der Waals surface area contributed by atoms with Gasteiger partial charge in [-0.2, -0.15) is 0 Å². The van der Waals surface area contributed by atoms with Crippen molar-refractivity contribution >= 4 is 17.5 Å². The number of ether oxygens (including phenoxy) is 1. The lowest BCUT2D eigenvalue weighted by atomic mass is 9.76. The van der Waals surface area contributed by atoms with Crippen molar-refractivity contribution < 1.29 is 19.0 Å². The fourth-order valence-corrected chi connectivity index (χ4v) is 5.02. The lowest BCUT2D eigenvalue weighted by Gasteiger charge is -2.49. The summed E-state index contributed by atoms with van der Waals surface area (Å²) in [6.07, 6.45) is 2.36. The van der Waals surface area contributed by atoms with Gasteiger partial charge in [0, 0.05) is 37.4 Å². The Morgan fingerprint density at radius 1 is 1.32 bits per heavy atom. The molecule has 0 aromatic rings. The van der Waals surface area contributed by atoms with E-state index in [0.717, 1.165) is 12.8 Å². The number of hydrogen-bond acceptors (Lipinski definition) is 6. The molecule has 0 aromatic carbocycles. The summed E-state index contributed by atoms with van der Waals surface area (Å²) in [5, 5.41) is 22.3. The van der Waals surface area contributed by atoms with Crippen LogP contribution < -0.4 is 21.3 Å². The molecule has 28 heavy (non-hydrogen) atoms. The Morgan fingerprint density at radius 2 is 2.11 bits per heavy atom. The van der Waals surface area contributed by atoms with Gasteiger partial charge >= 0.3 is 0 Å². The highest BCUT2D eigenvalue weighted by molar-refractivity contribution is 6.21. The predicted octanol–water partition coefficient (Wildman–Crippen LogP) is 0.377. The summed E-state index contributed by atoms with van der Waals surface area (Å²) in [5.74, 6) is -0.120. The number of amides is 1. The lowest BCUT2D eigenvalue weighted by molar-refractivity contribution is -0.120. The van der Waals surface area contributed by atoms with Crippen LogP contribution in [-0.2, 0) is 9.53 Å². The maximum Gasteiger partial charge on any atom is 0.249 e. The van der Waals surface area contributed by atoms with Crippen molar-refractivity contribution in [1.82, 2.24) is 21.3 Å². The van der Waals surface area contributed by atoms with Crippen molar-refractivity contribution in [2.75, 3.05) is 20.4 Å². The first-order valence-corrected chi connectivity index (χ1v) is 10.5. The van der Waals surface area contributed by atoms with Gasteiger partial charge in [0.2, 0.25) is 5.91 Å². The van der Waals surface area contributed by atoms with Gasteiger partial charge in [0.25, 0.3) is 0 Å². The number of carbonyl (C=O) groups is 1. The monoisotopic (exact) mass is 418 g/mol. The van der Waals surface area contributed by atoms with Crippen LogP contribution in [0.3, 0.4) is 0 Å². The molecule has 8 atom stereocenters. The van der Waals surface area contributed by atoms with Gasteiger partial charge < -0.3 is 20.5 Å². The zero-order valence-corrected chi connectivity index (χ0v) is 17.1. The molecule has 7 nitrogen and oxygen atoms in total. The van der Waals surface area contributed by atoms with E-state index in [9.17, 15) is 9.18 Å². The molecule has 1 aliphatic heterocycles. The second-order valence-corrected chi connectivity index (χ2v) is 8.69. The summed E-state index contributed by atoms with van der Waals surface area (Å²) in [6, 6.07) is 0.255. The zero-order valence-electron chi connectivity index (χ0n) is 16.3. The van der Waals surface area contributed by atoms with Crippen molar-refractivity contribution in [3.63, 3.8) is 0 Å². The molecule has 1 heterocycles. The van der Waals surface area contributed by atoms with Crippen LogP contribution >= 0.6 is 11.6 Å². The molecule has 0 spiro atoms. The Labute approximate surface area is 170 Å². The average Bonchev–Trinajstić information content (AvgIpc) is 2.70. The van der Waals surface area contributed by atoms with Crippen molar-refractivity contribution in [3.8, 4) is 0 Å².